The second kappa shape index (κ2) is 7.59. The van der Waals surface area contributed by atoms with Crippen molar-refractivity contribution in [3.63, 3.8) is 0 Å². The van der Waals surface area contributed by atoms with Gasteiger partial charge in [0.1, 0.15) is 11.9 Å². The average molecular weight is 274 g/mol. The first-order valence-corrected chi connectivity index (χ1v) is 6.32. The van der Waals surface area contributed by atoms with Crippen molar-refractivity contribution < 1.29 is 4.74 Å². The fourth-order valence-electron chi connectivity index (χ4n) is 1.42. The van der Waals surface area contributed by atoms with Gasteiger partial charge in [-0.1, -0.05) is 29.3 Å². The monoisotopic (exact) mass is 273 g/mol. The zero-order valence-corrected chi connectivity index (χ0v) is 11.6. The first kappa shape index (κ1) is 14.4. The molecule has 0 aromatic heterocycles. The van der Waals surface area contributed by atoms with E-state index in [-0.39, 0.29) is 6.10 Å². The van der Waals surface area contributed by atoms with Gasteiger partial charge in [0.25, 0.3) is 0 Å². The van der Waals surface area contributed by atoms with Gasteiger partial charge in [-0.3, -0.25) is 0 Å². The van der Waals surface area contributed by atoms with Gasteiger partial charge in [-0.05, 0) is 38.7 Å². The molecular weight excluding hydrogens is 257 g/mol. The number of benzene rings is 1. The van der Waals surface area contributed by atoms with Gasteiger partial charge in [0.05, 0.1) is 10.0 Å². The molecule has 0 saturated heterocycles. The van der Waals surface area contributed by atoms with Gasteiger partial charge < -0.3 is 10.1 Å². The van der Waals surface area contributed by atoms with Crippen molar-refractivity contribution in [3.8, 4) is 5.75 Å². The van der Waals surface area contributed by atoms with Gasteiger partial charge >= 0.3 is 0 Å². The molecule has 1 rings (SSSR count). The maximum atomic E-state index is 5.94. The van der Waals surface area contributed by atoms with E-state index in [0.717, 1.165) is 18.7 Å². The Kier molecular flexibility index (Phi) is 6.41. The fraction of sp³-hybridized carbons (Fsp3) is 0.385. The summed E-state index contributed by atoms with van der Waals surface area (Å²) in [6, 6.07) is 5.30. The van der Waals surface area contributed by atoms with E-state index < -0.39 is 0 Å². The van der Waals surface area contributed by atoms with E-state index in [9.17, 15) is 0 Å². The van der Waals surface area contributed by atoms with Crippen LogP contribution in [0.3, 0.4) is 0 Å². The molecule has 1 N–H and O–H groups in total. The summed E-state index contributed by atoms with van der Waals surface area (Å²) in [7, 11) is 1.92. The molecule has 0 fully saturated rings. The van der Waals surface area contributed by atoms with Crippen LogP contribution in [0.5, 0.6) is 5.75 Å². The van der Waals surface area contributed by atoms with Crippen molar-refractivity contribution in [3.05, 3.63) is 40.4 Å². The van der Waals surface area contributed by atoms with Crippen molar-refractivity contribution in [2.75, 3.05) is 13.6 Å². The van der Waals surface area contributed by atoms with Crippen LogP contribution in [0.1, 0.15) is 13.3 Å². The van der Waals surface area contributed by atoms with E-state index in [0.29, 0.717) is 10.0 Å². The van der Waals surface area contributed by atoms with E-state index in [1.165, 1.54) is 0 Å². The molecule has 0 aliphatic rings. The minimum atomic E-state index is 0.0460. The van der Waals surface area contributed by atoms with Crippen LogP contribution >= 0.6 is 23.2 Å². The highest BCUT2D eigenvalue weighted by Gasteiger charge is 2.07. The molecule has 1 atom stereocenters. The Bertz CT molecular complexity index is 380. The lowest BCUT2D eigenvalue weighted by Crippen LogP contribution is -2.20. The molecule has 2 nitrogen and oxygen atoms in total. The van der Waals surface area contributed by atoms with E-state index in [1.807, 2.05) is 32.2 Å². The summed E-state index contributed by atoms with van der Waals surface area (Å²) >= 11 is 11.8. The number of rotatable bonds is 6. The Morgan fingerprint density at radius 2 is 2.12 bits per heavy atom. The maximum absolute atomic E-state index is 5.94. The summed E-state index contributed by atoms with van der Waals surface area (Å²) in [6.45, 7) is 2.88. The van der Waals surface area contributed by atoms with Gasteiger partial charge in [0.15, 0.2) is 0 Å². The molecule has 0 saturated carbocycles. The minimum Gasteiger partial charge on any atom is -0.486 e. The van der Waals surface area contributed by atoms with Crippen molar-refractivity contribution >= 4 is 23.2 Å². The van der Waals surface area contributed by atoms with Gasteiger partial charge in [-0.2, -0.15) is 0 Å². The van der Waals surface area contributed by atoms with Gasteiger partial charge in [-0.25, -0.2) is 0 Å². The highest BCUT2D eigenvalue weighted by atomic mass is 35.5. The van der Waals surface area contributed by atoms with E-state index in [1.54, 1.807) is 12.1 Å². The smallest absolute Gasteiger partial charge is 0.121 e. The van der Waals surface area contributed by atoms with Crippen LogP contribution in [0.15, 0.2) is 30.4 Å². The standard InChI is InChI=1S/C13H17Cl2NO/c1-3-4-10(7-8-16-2)17-11-5-6-12(14)13(15)9-11/h3-6,9-10,16H,7-8H2,1-2H3/b4-3+. The molecule has 0 amide bonds. The molecule has 0 aliphatic heterocycles. The highest BCUT2D eigenvalue weighted by molar-refractivity contribution is 6.42. The second-order valence-corrected chi connectivity index (χ2v) is 4.46. The predicted octanol–water partition coefficient (Wildman–Crippen LogP) is 3.93. The molecule has 0 bridgehead atoms. The summed E-state index contributed by atoms with van der Waals surface area (Å²) in [6.07, 6.45) is 4.96. The number of halogens is 2. The van der Waals surface area contributed by atoms with Crippen LogP contribution in [0.2, 0.25) is 10.0 Å². The van der Waals surface area contributed by atoms with Crippen LogP contribution in [-0.4, -0.2) is 19.7 Å². The number of ether oxygens (including phenoxy) is 1. The highest BCUT2D eigenvalue weighted by Crippen LogP contribution is 2.27. The molecular formula is C13H17Cl2NO. The minimum absolute atomic E-state index is 0.0460. The summed E-state index contributed by atoms with van der Waals surface area (Å²) in [5, 5.41) is 4.15. The van der Waals surface area contributed by atoms with Crippen molar-refractivity contribution in [2.45, 2.75) is 19.4 Å². The normalized spacial score (nSPS) is 12.9. The average Bonchev–Trinajstić information content (AvgIpc) is 2.31. The Hall–Kier alpha value is -0.700. The molecule has 0 radical (unpaired) electrons. The van der Waals surface area contributed by atoms with Crippen molar-refractivity contribution in [2.24, 2.45) is 0 Å². The molecule has 0 aliphatic carbocycles. The van der Waals surface area contributed by atoms with Crippen LogP contribution in [0, 0.1) is 0 Å². The molecule has 94 valence electrons. The Morgan fingerprint density at radius 3 is 2.71 bits per heavy atom. The molecule has 1 aromatic carbocycles. The van der Waals surface area contributed by atoms with Gasteiger partial charge in [0, 0.05) is 12.5 Å². The van der Waals surface area contributed by atoms with Gasteiger partial charge in [-0.15, -0.1) is 0 Å². The van der Waals surface area contributed by atoms with Gasteiger partial charge in [0.2, 0.25) is 0 Å². The Balaban J connectivity index is 2.67. The second-order valence-electron chi connectivity index (χ2n) is 3.65. The lowest BCUT2D eigenvalue weighted by Gasteiger charge is -2.16. The lowest BCUT2D eigenvalue weighted by molar-refractivity contribution is 0.238. The largest absolute Gasteiger partial charge is 0.486 e. The molecule has 4 heteroatoms. The first-order valence-electron chi connectivity index (χ1n) is 5.56. The van der Waals surface area contributed by atoms with E-state index in [2.05, 4.69) is 5.32 Å². The first-order chi connectivity index (χ1) is 8.17. The van der Waals surface area contributed by atoms with Crippen LogP contribution in [-0.2, 0) is 0 Å². The molecule has 1 unspecified atom stereocenters. The summed E-state index contributed by atoms with van der Waals surface area (Å²) < 4.78 is 5.82. The number of hydrogen-bond donors (Lipinski definition) is 1. The van der Waals surface area contributed by atoms with E-state index >= 15 is 0 Å². The molecule has 0 heterocycles. The van der Waals surface area contributed by atoms with Crippen molar-refractivity contribution in [1.82, 2.24) is 5.32 Å². The molecule has 17 heavy (non-hydrogen) atoms. The van der Waals surface area contributed by atoms with Crippen LogP contribution in [0.4, 0.5) is 0 Å². The predicted molar refractivity (Wildman–Crippen MR) is 74.2 cm³/mol. The number of allylic oxidation sites excluding steroid dienone is 1. The zero-order chi connectivity index (χ0) is 12.7. The quantitative estimate of drug-likeness (QED) is 0.794. The Morgan fingerprint density at radius 1 is 1.35 bits per heavy atom. The topological polar surface area (TPSA) is 21.3 Å². The molecule has 1 aromatic rings. The Labute approximate surface area is 113 Å². The lowest BCUT2D eigenvalue weighted by atomic mass is 10.2. The maximum Gasteiger partial charge on any atom is 0.121 e. The third-order valence-electron chi connectivity index (χ3n) is 2.26. The third-order valence-corrected chi connectivity index (χ3v) is 3.00. The summed E-state index contributed by atoms with van der Waals surface area (Å²) in [4.78, 5) is 0. The summed E-state index contributed by atoms with van der Waals surface area (Å²) in [5.41, 5.74) is 0. The van der Waals surface area contributed by atoms with Crippen LogP contribution < -0.4 is 10.1 Å². The third kappa shape index (κ3) is 4.99. The van der Waals surface area contributed by atoms with Crippen molar-refractivity contribution in [1.29, 1.82) is 0 Å². The SMILES string of the molecule is C/C=C/C(CCNC)Oc1ccc(Cl)c(Cl)c1. The number of hydrogen-bond acceptors (Lipinski definition) is 2. The zero-order valence-electron chi connectivity index (χ0n) is 10.0. The molecule has 0 spiro atoms. The fourth-order valence-corrected chi connectivity index (χ4v) is 1.71. The van der Waals surface area contributed by atoms with E-state index in [4.69, 9.17) is 27.9 Å². The van der Waals surface area contributed by atoms with Crippen LogP contribution in [0.25, 0.3) is 0 Å². The number of nitrogens with one attached hydrogen (secondary N) is 1. The summed E-state index contributed by atoms with van der Waals surface area (Å²) in [5.74, 6) is 0.735.